The van der Waals surface area contributed by atoms with Gasteiger partial charge in [-0.3, -0.25) is 4.79 Å². The van der Waals surface area contributed by atoms with Crippen LogP contribution in [0.5, 0.6) is 5.75 Å². The average Bonchev–Trinajstić information content (AvgIpc) is 3.31. The number of methoxy groups -OCH3 is 1. The molecule has 0 bridgehead atoms. The van der Waals surface area contributed by atoms with Crippen LogP contribution in [-0.4, -0.2) is 46.9 Å². The standard InChI is InChI=1S/C25H27N5O4/c1-5-34-24(32)22-17(3)29(14-21(31)28-19-7-6-8-20(13-19)33-4)25-26-15-27-30(25)23(22)18-11-9-16(2)10-12-18/h6-13,15,23H,5,14H2,1-4H3,(H,28,31)/t23-/m1/s1. The summed E-state index contributed by atoms with van der Waals surface area (Å²) in [6, 6.07) is 14.5. The third-order valence-corrected chi connectivity index (χ3v) is 5.65. The van der Waals surface area contributed by atoms with Gasteiger partial charge in [0, 0.05) is 17.5 Å². The number of nitrogens with zero attached hydrogens (tertiary/aromatic N) is 4. The zero-order valence-corrected chi connectivity index (χ0v) is 19.6. The van der Waals surface area contributed by atoms with Gasteiger partial charge in [0.05, 0.1) is 19.3 Å². The summed E-state index contributed by atoms with van der Waals surface area (Å²) in [5, 5.41) is 7.27. The number of aryl methyl sites for hydroxylation is 1. The molecular weight excluding hydrogens is 434 g/mol. The van der Waals surface area contributed by atoms with Crippen molar-refractivity contribution in [3.63, 3.8) is 0 Å². The molecule has 1 atom stereocenters. The molecule has 1 aliphatic rings. The molecular formula is C25H27N5O4. The molecule has 4 rings (SSSR count). The van der Waals surface area contributed by atoms with Crippen LogP contribution in [-0.2, 0) is 14.3 Å². The van der Waals surface area contributed by atoms with Crippen LogP contribution in [0.15, 0.2) is 66.1 Å². The molecule has 2 heterocycles. The number of esters is 1. The molecule has 0 unspecified atom stereocenters. The lowest BCUT2D eigenvalue weighted by atomic mass is 9.94. The van der Waals surface area contributed by atoms with Crippen molar-refractivity contribution in [1.82, 2.24) is 14.8 Å². The number of hydrogen-bond acceptors (Lipinski definition) is 7. The molecule has 0 saturated heterocycles. The van der Waals surface area contributed by atoms with Gasteiger partial charge in [-0.25, -0.2) is 9.48 Å². The molecule has 0 saturated carbocycles. The quantitative estimate of drug-likeness (QED) is 0.538. The Morgan fingerprint density at radius 1 is 1.12 bits per heavy atom. The third-order valence-electron chi connectivity index (χ3n) is 5.65. The second-order valence-electron chi connectivity index (χ2n) is 7.90. The molecule has 1 amide bonds. The molecule has 1 aromatic heterocycles. The normalized spacial score (nSPS) is 15.1. The second kappa shape index (κ2) is 9.78. The van der Waals surface area contributed by atoms with Crippen molar-refractivity contribution < 1.29 is 19.1 Å². The summed E-state index contributed by atoms with van der Waals surface area (Å²) in [6.07, 6.45) is 1.42. The molecule has 2 aromatic carbocycles. The van der Waals surface area contributed by atoms with E-state index in [9.17, 15) is 9.59 Å². The molecule has 9 nitrogen and oxygen atoms in total. The van der Waals surface area contributed by atoms with Gasteiger partial charge >= 0.3 is 5.97 Å². The summed E-state index contributed by atoms with van der Waals surface area (Å²) in [7, 11) is 1.57. The Kier molecular flexibility index (Phi) is 6.62. The van der Waals surface area contributed by atoms with E-state index in [2.05, 4.69) is 15.4 Å². The Balaban J connectivity index is 1.71. The molecule has 0 aliphatic carbocycles. The largest absolute Gasteiger partial charge is 0.497 e. The van der Waals surface area contributed by atoms with Gasteiger partial charge in [-0.05, 0) is 38.5 Å². The second-order valence-corrected chi connectivity index (χ2v) is 7.90. The van der Waals surface area contributed by atoms with Crippen molar-refractivity contribution >= 4 is 23.5 Å². The minimum absolute atomic E-state index is 0.0642. The van der Waals surface area contributed by atoms with Crippen molar-refractivity contribution in [1.29, 1.82) is 0 Å². The van der Waals surface area contributed by atoms with Crippen LogP contribution in [0.2, 0.25) is 0 Å². The number of ether oxygens (including phenoxy) is 2. The maximum Gasteiger partial charge on any atom is 0.338 e. The lowest BCUT2D eigenvalue weighted by molar-refractivity contribution is -0.139. The fraction of sp³-hybridized carbons (Fsp3) is 0.280. The zero-order valence-electron chi connectivity index (χ0n) is 19.6. The van der Waals surface area contributed by atoms with E-state index in [1.54, 1.807) is 54.8 Å². The Hall–Kier alpha value is -4.14. The highest BCUT2D eigenvalue weighted by molar-refractivity contribution is 5.96. The molecule has 3 aromatic rings. The number of hydrogen-bond donors (Lipinski definition) is 1. The number of aromatic nitrogens is 3. The first kappa shape index (κ1) is 23.0. The number of nitrogens with one attached hydrogen (secondary N) is 1. The molecule has 0 fully saturated rings. The van der Waals surface area contributed by atoms with Gasteiger partial charge in [0.25, 0.3) is 0 Å². The minimum atomic E-state index is -0.519. The first-order chi connectivity index (χ1) is 16.4. The summed E-state index contributed by atoms with van der Waals surface area (Å²) in [4.78, 5) is 32.1. The minimum Gasteiger partial charge on any atom is -0.497 e. The SMILES string of the molecule is CCOC(=O)C1=C(C)N(CC(=O)Nc2cccc(OC)c2)c2ncnn2[C@@H]1c1ccc(C)cc1. The number of carbonyl (C=O) groups is 2. The van der Waals surface area contributed by atoms with Crippen LogP contribution in [0.1, 0.15) is 31.0 Å². The van der Waals surface area contributed by atoms with Crippen molar-refractivity contribution in [2.45, 2.75) is 26.8 Å². The molecule has 1 aliphatic heterocycles. The van der Waals surface area contributed by atoms with E-state index in [0.29, 0.717) is 28.7 Å². The number of anilines is 2. The molecule has 34 heavy (non-hydrogen) atoms. The van der Waals surface area contributed by atoms with Gasteiger partial charge in [0.15, 0.2) is 0 Å². The summed E-state index contributed by atoms with van der Waals surface area (Å²) in [5.41, 5.74) is 3.59. The van der Waals surface area contributed by atoms with Gasteiger partial charge in [0.1, 0.15) is 24.7 Å². The van der Waals surface area contributed by atoms with Crippen LogP contribution in [0.25, 0.3) is 0 Å². The third kappa shape index (κ3) is 4.50. The van der Waals surface area contributed by atoms with Crippen molar-refractivity contribution in [2.75, 3.05) is 30.5 Å². The summed E-state index contributed by atoms with van der Waals surface area (Å²) in [6.45, 7) is 5.73. The average molecular weight is 462 g/mol. The van der Waals surface area contributed by atoms with E-state index in [-0.39, 0.29) is 19.1 Å². The highest BCUT2D eigenvalue weighted by Crippen LogP contribution is 2.38. The van der Waals surface area contributed by atoms with E-state index >= 15 is 0 Å². The number of carbonyl (C=O) groups excluding carboxylic acids is 2. The smallest absolute Gasteiger partial charge is 0.338 e. The highest BCUT2D eigenvalue weighted by Gasteiger charge is 2.38. The van der Waals surface area contributed by atoms with E-state index in [1.807, 2.05) is 31.2 Å². The van der Waals surface area contributed by atoms with Crippen LogP contribution < -0.4 is 15.0 Å². The zero-order chi connectivity index (χ0) is 24.2. The molecule has 176 valence electrons. The van der Waals surface area contributed by atoms with Gasteiger partial charge in [0.2, 0.25) is 11.9 Å². The van der Waals surface area contributed by atoms with E-state index in [0.717, 1.165) is 11.1 Å². The number of fused-ring (bicyclic) bond motifs is 1. The molecule has 9 heteroatoms. The number of allylic oxidation sites excluding steroid dienone is 1. The van der Waals surface area contributed by atoms with E-state index in [4.69, 9.17) is 9.47 Å². The van der Waals surface area contributed by atoms with Gasteiger partial charge < -0.3 is 19.7 Å². The lowest BCUT2D eigenvalue weighted by Crippen LogP contribution is -2.40. The molecule has 1 N–H and O–H groups in total. The van der Waals surface area contributed by atoms with Gasteiger partial charge in [-0.15, -0.1) is 0 Å². The number of amides is 1. The maximum absolute atomic E-state index is 13.1. The van der Waals surface area contributed by atoms with Gasteiger partial charge in [-0.1, -0.05) is 35.9 Å². The maximum atomic E-state index is 13.1. The lowest BCUT2D eigenvalue weighted by Gasteiger charge is -2.35. The van der Waals surface area contributed by atoms with Crippen LogP contribution in [0.3, 0.4) is 0 Å². The molecule has 0 radical (unpaired) electrons. The van der Waals surface area contributed by atoms with Crippen LogP contribution in [0, 0.1) is 6.92 Å². The Labute approximate surface area is 198 Å². The van der Waals surface area contributed by atoms with Gasteiger partial charge in [-0.2, -0.15) is 10.1 Å². The topological polar surface area (TPSA) is 98.6 Å². The van der Waals surface area contributed by atoms with Crippen LogP contribution in [0.4, 0.5) is 11.6 Å². The van der Waals surface area contributed by atoms with Crippen molar-refractivity contribution in [3.8, 4) is 5.75 Å². The predicted molar refractivity (Wildman–Crippen MR) is 128 cm³/mol. The van der Waals surface area contributed by atoms with Crippen LogP contribution >= 0.6 is 0 Å². The Morgan fingerprint density at radius 2 is 1.88 bits per heavy atom. The van der Waals surface area contributed by atoms with Crippen molar-refractivity contribution in [2.24, 2.45) is 0 Å². The fourth-order valence-corrected chi connectivity index (χ4v) is 3.99. The summed E-state index contributed by atoms with van der Waals surface area (Å²) < 4.78 is 12.3. The predicted octanol–water partition coefficient (Wildman–Crippen LogP) is 3.48. The van der Waals surface area contributed by atoms with E-state index in [1.165, 1.54) is 6.33 Å². The van der Waals surface area contributed by atoms with E-state index < -0.39 is 12.0 Å². The summed E-state index contributed by atoms with van der Waals surface area (Å²) >= 11 is 0. The highest BCUT2D eigenvalue weighted by atomic mass is 16.5. The first-order valence-corrected chi connectivity index (χ1v) is 11.0. The Morgan fingerprint density at radius 3 is 2.59 bits per heavy atom. The first-order valence-electron chi connectivity index (χ1n) is 11.0. The Bertz CT molecular complexity index is 1230. The fourth-order valence-electron chi connectivity index (χ4n) is 3.99. The molecule has 0 spiro atoms. The number of benzene rings is 2. The van der Waals surface area contributed by atoms with Crippen molar-refractivity contribution in [3.05, 3.63) is 77.3 Å². The summed E-state index contributed by atoms with van der Waals surface area (Å²) in [5.74, 6) is 0.373. The number of rotatable bonds is 7. The monoisotopic (exact) mass is 461 g/mol.